The van der Waals surface area contributed by atoms with Gasteiger partial charge in [-0.05, 0) is 17.7 Å². The normalized spacial score (nSPS) is 18.9. The van der Waals surface area contributed by atoms with Crippen molar-refractivity contribution >= 4 is 16.7 Å². The second-order valence-corrected chi connectivity index (χ2v) is 5.95. The number of aromatic nitrogens is 2. The first-order valence-corrected chi connectivity index (χ1v) is 7.75. The monoisotopic (exact) mass is 342 g/mol. The van der Waals surface area contributed by atoms with Crippen molar-refractivity contribution < 1.29 is 18.4 Å². The molecule has 2 aliphatic heterocycles. The molecule has 3 aromatic rings. The third-order valence-electron chi connectivity index (χ3n) is 4.25. The summed E-state index contributed by atoms with van der Waals surface area (Å²) in [6, 6.07) is 8.05. The van der Waals surface area contributed by atoms with E-state index in [0.29, 0.717) is 29.7 Å². The molecule has 1 atom stereocenters. The van der Waals surface area contributed by atoms with Crippen LogP contribution in [0.3, 0.4) is 0 Å². The highest BCUT2D eigenvalue weighted by atomic mass is 19.2. The second-order valence-electron chi connectivity index (χ2n) is 5.95. The SMILES string of the molecule is Fc1cc2ncnc(NN3Cc4ccc5c(c4)CC(O5)O3)c2cc1F. The van der Waals surface area contributed by atoms with Crippen LogP contribution in [0.25, 0.3) is 10.9 Å². The van der Waals surface area contributed by atoms with Crippen LogP contribution in [0, 0.1) is 11.6 Å². The van der Waals surface area contributed by atoms with Gasteiger partial charge < -0.3 is 4.74 Å². The van der Waals surface area contributed by atoms with Crippen LogP contribution in [-0.4, -0.2) is 21.4 Å². The van der Waals surface area contributed by atoms with Gasteiger partial charge in [-0.25, -0.2) is 23.6 Å². The van der Waals surface area contributed by atoms with E-state index in [1.165, 1.54) is 11.5 Å². The molecule has 0 radical (unpaired) electrons. The van der Waals surface area contributed by atoms with Crippen LogP contribution >= 0.6 is 0 Å². The minimum atomic E-state index is -0.960. The molecule has 3 bridgehead atoms. The van der Waals surface area contributed by atoms with E-state index in [-0.39, 0.29) is 0 Å². The molecule has 5 rings (SSSR count). The molecule has 0 saturated carbocycles. The molecule has 0 fully saturated rings. The predicted molar refractivity (Wildman–Crippen MR) is 84.3 cm³/mol. The van der Waals surface area contributed by atoms with Gasteiger partial charge in [0.1, 0.15) is 12.1 Å². The fourth-order valence-corrected chi connectivity index (χ4v) is 3.10. The number of hydroxylamine groups is 1. The maximum Gasteiger partial charge on any atom is 0.224 e. The number of hydrogen-bond acceptors (Lipinski definition) is 6. The molecule has 0 saturated heterocycles. The van der Waals surface area contributed by atoms with Gasteiger partial charge in [0.15, 0.2) is 17.5 Å². The summed E-state index contributed by atoms with van der Waals surface area (Å²) >= 11 is 0. The minimum Gasteiger partial charge on any atom is -0.463 e. The van der Waals surface area contributed by atoms with E-state index in [2.05, 4.69) is 21.5 Å². The van der Waals surface area contributed by atoms with Crippen LogP contribution in [0.1, 0.15) is 11.1 Å². The number of fused-ring (bicyclic) bond motifs is 3. The molecule has 0 amide bonds. The van der Waals surface area contributed by atoms with E-state index in [4.69, 9.17) is 9.57 Å². The summed E-state index contributed by atoms with van der Waals surface area (Å²) < 4.78 is 32.8. The lowest BCUT2D eigenvalue weighted by Crippen LogP contribution is -2.36. The summed E-state index contributed by atoms with van der Waals surface area (Å²) in [4.78, 5) is 13.9. The third-order valence-corrected chi connectivity index (χ3v) is 4.25. The van der Waals surface area contributed by atoms with Gasteiger partial charge in [-0.1, -0.05) is 17.3 Å². The van der Waals surface area contributed by atoms with Crippen molar-refractivity contribution in [1.82, 2.24) is 15.1 Å². The van der Waals surface area contributed by atoms with Gasteiger partial charge >= 0.3 is 0 Å². The van der Waals surface area contributed by atoms with Gasteiger partial charge in [-0.2, -0.15) is 0 Å². The number of anilines is 1. The smallest absolute Gasteiger partial charge is 0.224 e. The molecule has 3 heterocycles. The molecule has 0 spiro atoms. The Kier molecular flexibility index (Phi) is 3.09. The Morgan fingerprint density at radius 1 is 1.12 bits per heavy atom. The molecule has 25 heavy (non-hydrogen) atoms. The number of nitrogens with zero attached hydrogens (tertiary/aromatic N) is 3. The second kappa shape index (κ2) is 5.33. The van der Waals surface area contributed by atoms with Crippen LogP contribution in [0.15, 0.2) is 36.7 Å². The molecule has 6 nitrogen and oxygen atoms in total. The first kappa shape index (κ1) is 14.5. The maximum absolute atomic E-state index is 13.6. The van der Waals surface area contributed by atoms with Gasteiger partial charge in [0.25, 0.3) is 0 Å². The Balaban J connectivity index is 1.50. The molecule has 8 heteroatoms. The standard InChI is InChI=1S/C17H12F2N4O2/c18-12-5-11-14(6-13(12)19)20-8-21-17(11)22-23-7-9-1-2-15-10(3-9)4-16(24-15)25-23/h1-3,5-6,8,16H,4,7H2,(H,20,21,22). The van der Waals surface area contributed by atoms with Crippen LogP contribution in [-0.2, 0) is 17.8 Å². The Morgan fingerprint density at radius 3 is 2.92 bits per heavy atom. The van der Waals surface area contributed by atoms with Crippen LogP contribution in [0.5, 0.6) is 5.75 Å². The number of hydrogen-bond donors (Lipinski definition) is 1. The quantitative estimate of drug-likeness (QED) is 0.773. The molecule has 1 unspecified atom stereocenters. The minimum absolute atomic E-state index is 0.298. The van der Waals surface area contributed by atoms with Crippen molar-refractivity contribution in [2.45, 2.75) is 19.3 Å². The number of ether oxygens (including phenoxy) is 1. The highest BCUT2D eigenvalue weighted by Gasteiger charge is 2.29. The first-order valence-electron chi connectivity index (χ1n) is 7.75. The highest BCUT2D eigenvalue weighted by molar-refractivity contribution is 5.88. The summed E-state index contributed by atoms with van der Waals surface area (Å²) in [5, 5.41) is 1.84. The van der Waals surface area contributed by atoms with E-state index in [9.17, 15) is 8.78 Å². The lowest BCUT2D eigenvalue weighted by atomic mass is 10.1. The van der Waals surface area contributed by atoms with E-state index >= 15 is 0 Å². The largest absolute Gasteiger partial charge is 0.463 e. The predicted octanol–water partition coefficient (Wildman–Crippen LogP) is 2.94. The Hall–Kier alpha value is -2.84. The number of rotatable bonds is 2. The van der Waals surface area contributed by atoms with Crippen molar-refractivity contribution in [3.63, 3.8) is 0 Å². The van der Waals surface area contributed by atoms with Crippen molar-refractivity contribution in [2.75, 3.05) is 5.43 Å². The van der Waals surface area contributed by atoms with Crippen molar-refractivity contribution in [2.24, 2.45) is 0 Å². The maximum atomic E-state index is 13.6. The van der Waals surface area contributed by atoms with E-state index in [0.717, 1.165) is 29.0 Å². The van der Waals surface area contributed by atoms with E-state index in [1.807, 2.05) is 12.1 Å². The van der Waals surface area contributed by atoms with Gasteiger partial charge in [0.2, 0.25) is 6.29 Å². The topological polar surface area (TPSA) is 59.5 Å². The van der Waals surface area contributed by atoms with Crippen LogP contribution in [0.4, 0.5) is 14.6 Å². The molecule has 2 aromatic carbocycles. The van der Waals surface area contributed by atoms with Gasteiger partial charge in [0, 0.05) is 23.4 Å². The van der Waals surface area contributed by atoms with Crippen molar-refractivity contribution in [3.8, 4) is 5.75 Å². The Labute approximate surface area is 140 Å². The fraction of sp³-hybridized carbons (Fsp3) is 0.176. The first-order chi connectivity index (χ1) is 12.2. The third kappa shape index (κ3) is 2.46. The lowest BCUT2D eigenvalue weighted by molar-refractivity contribution is -0.240. The van der Waals surface area contributed by atoms with E-state index in [1.54, 1.807) is 0 Å². The number of benzene rings is 2. The molecule has 2 aliphatic rings. The number of hydrazine groups is 1. The molecule has 0 aliphatic carbocycles. The van der Waals surface area contributed by atoms with Gasteiger partial charge in [0.05, 0.1) is 12.1 Å². The molecule has 126 valence electrons. The average Bonchev–Trinajstić information content (AvgIpc) is 3.01. The summed E-state index contributed by atoms with van der Waals surface area (Å²) in [6.45, 7) is 0.433. The summed E-state index contributed by atoms with van der Waals surface area (Å²) in [5.74, 6) is -0.775. The summed E-state index contributed by atoms with van der Waals surface area (Å²) in [7, 11) is 0. The molecule has 1 N–H and O–H groups in total. The van der Waals surface area contributed by atoms with Gasteiger partial charge in [-0.15, -0.1) is 0 Å². The average molecular weight is 342 g/mol. The fourth-order valence-electron chi connectivity index (χ4n) is 3.10. The molecular weight excluding hydrogens is 330 g/mol. The molecular formula is C17H12F2N4O2. The van der Waals surface area contributed by atoms with Crippen LogP contribution in [0.2, 0.25) is 0 Å². The zero-order chi connectivity index (χ0) is 17.0. The Bertz CT molecular complexity index is 998. The number of nitrogens with one attached hydrogen (secondary N) is 1. The summed E-state index contributed by atoms with van der Waals surface area (Å²) in [5.41, 5.74) is 5.45. The lowest BCUT2D eigenvalue weighted by Gasteiger charge is -2.26. The number of halogens is 2. The van der Waals surface area contributed by atoms with Crippen molar-refractivity contribution in [3.05, 3.63) is 59.4 Å². The summed E-state index contributed by atoms with van der Waals surface area (Å²) in [6.07, 6.45) is 1.48. The van der Waals surface area contributed by atoms with E-state index < -0.39 is 17.9 Å². The zero-order valence-electron chi connectivity index (χ0n) is 12.9. The molecule has 1 aromatic heterocycles. The Morgan fingerprint density at radius 2 is 2.00 bits per heavy atom. The zero-order valence-corrected chi connectivity index (χ0v) is 12.9. The van der Waals surface area contributed by atoms with Crippen molar-refractivity contribution in [1.29, 1.82) is 0 Å². The van der Waals surface area contributed by atoms with Crippen LogP contribution < -0.4 is 10.2 Å². The highest BCUT2D eigenvalue weighted by Crippen LogP contribution is 2.33. The van der Waals surface area contributed by atoms with Gasteiger partial charge in [-0.3, -0.25) is 5.43 Å².